The molecule has 0 bridgehead atoms. The fourth-order valence-electron chi connectivity index (χ4n) is 4.10. The number of fused-ring (bicyclic) bond motifs is 1. The van der Waals surface area contributed by atoms with E-state index in [0.717, 1.165) is 24.0 Å². The minimum Gasteiger partial charge on any atom is -0.366 e. The van der Waals surface area contributed by atoms with Crippen LogP contribution < -0.4 is 5.73 Å². The van der Waals surface area contributed by atoms with Gasteiger partial charge in [-0.1, -0.05) is 36.4 Å². The van der Waals surface area contributed by atoms with Crippen LogP contribution in [0.5, 0.6) is 0 Å². The van der Waals surface area contributed by atoms with E-state index < -0.39 is 6.10 Å². The topological polar surface area (TPSA) is 55.6 Å². The van der Waals surface area contributed by atoms with Crippen LogP contribution in [0.4, 0.5) is 4.39 Å². The molecule has 0 spiro atoms. The van der Waals surface area contributed by atoms with Gasteiger partial charge in [0.25, 0.3) is 5.91 Å². The van der Waals surface area contributed by atoms with Crippen LogP contribution in [-0.4, -0.2) is 35.6 Å². The minimum absolute atomic E-state index is 0.00525. The number of carbonyl (C=O) groups is 1. The maximum Gasteiger partial charge on any atom is 0.252 e. The Balaban J connectivity index is 1.66. The van der Waals surface area contributed by atoms with Crippen molar-refractivity contribution >= 4 is 5.91 Å². The fourth-order valence-corrected chi connectivity index (χ4v) is 4.10. The van der Waals surface area contributed by atoms with Gasteiger partial charge >= 0.3 is 0 Å². The Morgan fingerprint density at radius 2 is 1.96 bits per heavy atom. The highest BCUT2D eigenvalue weighted by molar-refractivity contribution is 5.82. The van der Waals surface area contributed by atoms with Gasteiger partial charge in [0.1, 0.15) is 11.9 Å². The van der Waals surface area contributed by atoms with Crippen LogP contribution in [0, 0.1) is 5.82 Å². The van der Waals surface area contributed by atoms with E-state index in [-0.39, 0.29) is 23.3 Å². The van der Waals surface area contributed by atoms with Gasteiger partial charge in [-0.3, -0.25) is 4.79 Å². The van der Waals surface area contributed by atoms with Crippen molar-refractivity contribution in [1.29, 1.82) is 0 Å². The second-order valence-electron chi connectivity index (χ2n) is 7.93. The van der Waals surface area contributed by atoms with Crippen LogP contribution in [0.3, 0.4) is 0 Å². The molecule has 27 heavy (non-hydrogen) atoms. The van der Waals surface area contributed by atoms with Crippen molar-refractivity contribution in [3.05, 3.63) is 71.0 Å². The van der Waals surface area contributed by atoms with Crippen molar-refractivity contribution in [2.24, 2.45) is 5.73 Å². The lowest BCUT2D eigenvalue weighted by Crippen LogP contribution is -2.52. The lowest BCUT2D eigenvalue weighted by molar-refractivity contribution is -0.151. The smallest absolute Gasteiger partial charge is 0.252 e. The zero-order chi connectivity index (χ0) is 19.0. The van der Waals surface area contributed by atoms with Crippen LogP contribution >= 0.6 is 0 Å². The first kappa shape index (κ1) is 18.1. The number of hydrogen-bond donors (Lipinski definition) is 1. The zero-order valence-electron chi connectivity index (χ0n) is 15.5. The molecule has 2 aliphatic rings. The van der Waals surface area contributed by atoms with Crippen molar-refractivity contribution in [2.75, 3.05) is 13.2 Å². The first-order valence-corrected chi connectivity index (χ1v) is 9.49. The predicted octanol–water partition coefficient (Wildman–Crippen LogP) is 3.20. The predicted molar refractivity (Wildman–Crippen MR) is 102 cm³/mol. The summed E-state index contributed by atoms with van der Waals surface area (Å²) in [5, 5.41) is 0. The number of amides is 1. The molecule has 4 nitrogen and oxygen atoms in total. The van der Waals surface area contributed by atoms with E-state index in [1.807, 2.05) is 24.0 Å². The molecule has 142 valence electrons. The molecule has 1 fully saturated rings. The second kappa shape index (κ2) is 7.06. The van der Waals surface area contributed by atoms with E-state index in [1.165, 1.54) is 17.7 Å². The average Bonchev–Trinajstić information content (AvgIpc) is 2.67. The molecule has 0 aliphatic carbocycles. The molecule has 0 saturated carbocycles. The van der Waals surface area contributed by atoms with E-state index in [9.17, 15) is 9.18 Å². The third-order valence-corrected chi connectivity index (χ3v) is 5.62. The highest BCUT2D eigenvalue weighted by Gasteiger charge is 2.38. The van der Waals surface area contributed by atoms with E-state index in [1.54, 1.807) is 12.1 Å². The van der Waals surface area contributed by atoms with Gasteiger partial charge < -0.3 is 15.4 Å². The van der Waals surface area contributed by atoms with Crippen molar-refractivity contribution in [3.8, 4) is 0 Å². The van der Waals surface area contributed by atoms with E-state index in [2.05, 4.69) is 12.1 Å². The molecule has 2 heterocycles. The number of rotatable bonds is 2. The van der Waals surface area contributed by atoms with Gasteiger partial charge in [-0.25, -0.2) is 4.39 Å². The summed E-state index contributed by atoms with van der Waals surface area (Å²) in [4.78, 5) is 15.2. The van der Waals surface area contributed by atoms with Gasteiger partial charge in [0.15, 0.2) is 0 Å². The lowest BCUT2D eigenvalue weighted by Gasteiger charge is -2.41. The Labute approximate surface area is 159 Å². The third kappa shape index (κ3) is 3.62. The molecular formula is C22H25FN2O2. The molecule has 3 atom stereocenters. The third-order valence-electron chi connectivity index (χ3n) is 5.62. The zero-order valence-corrected chi connectivity index (χ0v) is 15.5. The van der Waals surface area contributed by atoms with Crippen LogP contribution in [0.25, 0.3) is 0 Å². The molecule has 1 amide bonds. The Morgan fingerprint density at radius 3 is 2.67 bits per heavy atom. The summed E-state index contributed by atoms with van der Waals surface area (Å²) < 4.78 is 19.3. The first-order valence-electron chi connectivity index (χ1n) is 9.49. The number of nitrogens with two attached hydrogens (primary N) is 1. The van der Waals surface area contributed by atoms with Crippen LogP contribution in [-0.2, 0) is 16.0 Å². The fraction of sp³-hybridized carbons (Fsp3) is 0.409. The Bertz CT molecular complexity index is 824. The number of hydrogen-bond acceptors (Lipinski definition) is 3. The molecule has 5 heteroatoms. The Hall–Kier alpha value is -2.24. The molecule has 0 radical (unpaired) electrons. The number of ether oxygens (including phenoxy) is 1. The minimum atomic E-state index is -0.463. The first-order chi connectivity index (χ1) is 12.9. The summed E-state index contributed by atoms with van der Waals surface area (Å²) in [5.41, 5.74) is 9.00. The largest absolute Gasteiger partial charge is 0.366 e. The summed E-state index contributed by atoms with van der Waals surface area (Å²) in [6.45, 7) is 2.96. The van der Waals surface area contributed by atoms with Gasteiger partial charge in [0, 0.05) is 12.1 Å². The molecule has 1 saturated heterocycles. The van der Waals surface area contributed by atoms with Crippen molar-refractivity contribution in [3.63, 3.8) is 0 Å². The van der Waals surface area contributed by atoms with Gasteiger partial charge in [-0.2, -0.15) is 0 Å². The molecular weight excluding hydrogens is 343 g/mol. The summed E-state index contributed by atoms with van der Waals surface area (Å²) in [6.07, 6.45) is 1.73. The van der Waals surface area contributed by atoms with E-state index in [0.29, 0.717) is 19.6 Å². The highest BCUT2D eigenvalue weighted by atomic mass is 19.1. The molecule has 0 unspecified atom stereocenters. The molecule has 2 N–H and O–H groups in total. The summed E-state index contributed by atoms with van der Waals surface area (Å²) in [7, 11) is 0. The van der Waals surface area contributed by atoms with E-state index >= 15 is 0 Å². The average molecular weight is 368 g/mol. The SMILES string of the molecule is C[C@]1(N)CC[C@H](C(=O)N2CCc3ccccc3[C@@H]2c2ccc(F)cc2)OC1. The number of benzene rings is 2. The number of nitrogens with zero attached hydrogens (tertiary/aromatic N) is 1. The van der Waals surface area contributed by atoms with Crippen LogP contribution in [0.2, 0.25) is 0 Å². The molecule has 0 aromatic heterocycles. The summed E-state index contributed by atoms with van der Waals surface area (Å²) in [5.74, 6) is -0.284. The van der Waals surface area contributed by atoms with Gasteiger partial charge in [0.05, 0.1) is 12.6 Å². The Morgan fingerprint density at radius 1 is 1.22 bits per heavy atom. The number of halogens is 1. The maximum absolute atomic E-state index is 13.5. The monoisotopic (exact) mass is 368 g/mol. The lowest BCUT2D eigenvalue weighted by atomic mass is 9.87. The van der Waals surface area contributed by atoms with Gasteiger partial charge in [0.2, 0.25) is 0 Å². The normalized spacial score (nSPS) is 27.9. The standard InChI is InChI=1S/C22H25FN2O2/c1-22(24)12-10-19(27-14-22)21(26)25-13-11-15-4-2-3-5-18(15)20(25)16-6-8-17(23)9-7-16/h2-9,19-20H,10-14,24H2,1H3/t19-,20+,22+/m1/s1. The highest BCUT2D eigenvalue weighted by Crippen LogP contribution is 2.36. The molecule has 2 aromatic carbocycles. The molecule has 4 rings (SSSR count). The maximum atomic E-state index is 13.5. The van der Waals surface area contributed by atoms with Crippen molar-refractivity contribution < 1.29 is 13.9 Å². The summed E-state index contributed by atoms with van der Waals surface area (Å²) in [6, 6.07) is 14.4. The molecule has 2 aliphatic heterocycles. The van der Waals surface area contributed by atoms with Crippen molar-refractivity contribution in [1.82, 2.24) is 4.90 Å². The van der Waals surface area contributed by atoms with Gasteiger partial charge in [-0.15, -0.1) is 0 Å². The van der Waals surface area contributed by atoms with E-state index in [4.69, 9.17) is 10.5 Å². The quantitative estimate of drug-likeness (QED) is 0.886. The molecule has 2 aromatic rings. The van der Waals surface area contributed by atoms with Gasteiger partial charge in [-0.05, 0) is 55.0 Å². The van der Waals surface area contributed by atoms with Crippen molar-refractivity contribution in [2.45, 2.75) is 43.9 Å². The second-order valence-corrected chi connectivity index (χ2v) is 7.93. The Kier molecular flexibility index (Phi) is 4.74. The van der Waals surface area contributed by atoms with Crippen LogP contribution in [0.15, 0.2) is 48.5 Å². The number of carbonyl (C=O) groups excluding carboxylic acids is 1. The van der Waals surface area contributed by atoms with Crippen LogP contribution in [0.1, 0.15) is 42.5 Å². The summed E-state index contributed by atoms with van der Waals surface area (Å²) >= 11 is 0.